The summed E-state index contributed by atoms with van der Waals surface area (Å²) in [5.74, 6) is -1.04. The predicted molar refractivity (Wildman–Crippen MR) is 101 cm³/mol. The summed E-state index contributed by atoms with van der Waals surface area (Å²) in [6.45, 7) is 1.74. The van der Waals surface area contributed by atoms with E-state index in [1.165, 1.54) is 24.3 Å². The number of carbonyl (C=O) groups is 2. The number of nitrogens with one attached hydrogen (secondary N) is 3. The molecular formula is C18H19Cl2FN3O2+. The first kappa shape index (κ1) is 20.2. The number of hydrogen-bond donors (Lipinski definition) is 3. The van der Waals surface area contributed by atoms with Crippen LogP contribution in [-0.4, -0.2) is 31.4 Å². The van der Waals surface area contributed by atoms with Gasteiger partial charge in [-0.2, -0.15) is 0 Å². The van der Waals surface area contributed by atoms with E-state index in [4.69, 9.17) is 23.2 Å². The Morgan fingerprint density at radius 2 is 1.88 bits per heavy atom. The molecular weight excluding hydrogens is 380 g/mol. The SMILES string of the molecule is C[C@@H](C(=O)Nc1ccc(Cl)cc1Cl)[NH+](C)CC(=O)Nc1cccc(F)c1. The molecule has 5 nitrogen and oxygen atoms in total. The number of carbonyl (C=O) groups excluding carboxylic acids is 2. The van der Waals surface area contributed by atoms with Crippen molar-refractivity contribution in [3.63, 3.8) is 0 Å². The second-order valence-corrected chi connectivity index (χ2v) is 6.76. The highest BCUT2D eigenvalue weighted by Crippen LogP contribution is 2.25. The van der Waals surface area contributed by atoms with Crippen LogP contribution in [0.5, 0.6) is 0 Å². The summed E-state index contributed by atoms with van der Waals surface area (Å²) in [5.41, 5.74) is 0.817. The van der Waals surface area contributed by atoms with Gasteiger partial charge in [0.25, 0.3) is 11.8 Å². The maximum absolute atomic E-state index is 13.2. The quantitative estimate of drug-likeness (QED) is 0.700. The highest BCUT2D eigenvalue weighted by atomic mass is 35.5. The molecule has 0 saturated heterocycles. The van der Waals surface area contributed by atoms with Gasteiger partial charge in [0.15, 0.2) is 12.6 Å². The Morgan fingerprint density at radius 3 is 2.54 bits per heavy atom. The fourth-order valence-electron chi connectivity index (χ4n) is 2.23. The monoisotopic (exact) mass is 398 g/mol. The molecule has 0 heterocycles. The van der Waals surface area contributed by atoms with Gasteiger partial charge in [0.1, 0.15) is 5.82 Å². The fraction of sp³-hybridized carbons (Fsp3) is 0.222. The van der Waals surface area contributed by atoms with Crippen molar-refractivity contribution in [3.05, 3.63) is 58.3 Å². The van der Waals surface area contributed by atoms with E-state index in [0.717, 1.165) is 0 Å². The molecule has 0 fully saturated rings. The lowest BCUT2D eigenvalue weighted by molar-refractivity contribution is -0.885. The third-order valence-electron chi connectivity index (χ3n) is 3.87. The van der Waals surface area contributed by atoms with Crippen molar-refractivity contribution in [2.75, 3.05) is 24.2 Å². The first-order valence-electron chi connectivity index (χ1n) is 7.90. The van der Waals surface area contributed by atoms with Crippen LogP contribution in [0.3, 0.4) is 0 Å². The van der Waals surface area contributed by atoms with Gasteiger partial charge in [0.2, 0.25) is 0 Å². The Hall–Kier alpha value is -2.15. The molecule has 0 aromatic heterocycles. The normalized spacial score (nSPS) is 13.0. The summed E-state index contributed by atoms with van der Waals surface area (Å²) >= 11 is 11.9. The summed E-state index contributed by atoms with van der Waals surface area (Å²) in [5, 5.41) is 6.13. The van der Waals surface area contributed by atoms with Gasteiger partial charge in [0.05, 0.1) is 17.8 Å². The van der Waals surface area contributed by atoms with Crippen LogP contribution in [0.4, 0.5) is 15.8 Å². The van der Waals surface area contributed by atoms with Crippen LogP contribution in [0.15, 0.2) is 42.5 Å². The molecule has 2 rings (SSSR count). The lowest BCUT2D eigenvalue weighted by Gasteiger charge is -2.21. The average molecular weight is 399 g/mol. The van der Waals surface area contributed by atoms with Crippen LogP contribution >= 0.6 is 23.2 Å². The number of rotatable bonds is 6. The molecule has 0 aliphatic rings. The zero-order valence-corrected chi connectivity index (χ0v) is 15.8. The second-order valence-electron chi connectivity index (χ2n) is 5.92. The number of likely N-dealkylation sites (N-methyl/N-ethyl adjacent to an activating group) is 1. The molecule has 2 aromatic carbocycles. The van der Waals surface area contributed by atoms with Crippen molar-refractivity contribution in [1.29, 1.82) is 0 Å². The topological polar surface area (TPSA) is 62.6 Å². The van der Waals surface area contributed by atoms with Gasteiger partial charge in [-0.25, -0.2) is 4.39 Å². The summed E-state index contributed by atoms with van der Waals surface area (Å²) in [7, 11) is 1.72. The molecule has 1 unspecified atom stereocenters. The maximum atomic E-state index is 13.2. The molecule has 2 aromatic rings. The summed E-state index contributed by atoms with van der Waals surface area (Å²) in [6.07, 6.45) is 0. The molecule has 138 valence electrons. The van der Waals surface area contributed by atoms with Gasteiger partial charge in [-0.3, -0.25) is 9.59 Å². The number of quaternary nitrogens is 1. The number of amides is 2. The molecule has 8 heteroatoms. The van der Waals surface area contributed by atoms with Gasteiger partial charge in [0, 0.05) is 10.7 Å². The Morgan fingerprint density at radius 1 is 1.15 bits per heavy atom. The molecule has 2 atom stereocenters. The zero-order chi connectivity index (χ0) is 19.3. The first-order valence-corrected chi connectivity index (χ1v) is 8.65. The van der Waals surface area contributed by atoms with E-state index in [-0.39, 0.29) is 18.4 Å². The molecule has 3 N–H and O–H groups in total. The standard InChI is InChI=1S/C18H18Cl2FN3O2/c1-11(18(26)23-16-7-6-12(19)8-15(16)20)24(2)10-17(25)22-14-5-3-4-13(21)9-14/h3-9,11H,10H2,1-2H3,(H,22,25)(H,23,26)/p+1/t11-/m0/s1. The number of anilines is 2. The van der Waals surface area contributed by atoms with E-state index < -0.39 is 11.9 Å². The maximum Gasteiger partial charge on any atom is 0.282 e. The van der Waals surface area contributed by atoms with E-state index in [1.54, 1.807) is 32.2 Å². The van der Waals surface area contributed by atoms with Gasteiger partial charge < -0.3 is 15.5 Å². The Balaban J connectivity index is 1.92. The van der Waals surface area contributed by atoms with Crippen LogP contribution in [0.25, 0.3) is 0 Å². The van der Waals surface area contributed by atoms with Gasteiger partial charge in [-0.15, -0.1) is 0 Å². The second kappa shape index (κ2) is 8.98. The highest BCUT2D eigenvalue weighted by Gasteiger charge is 2.24. The highest BCUT2D eigenvalue weighted by molar-refractivity contribution is 6.36. The molecule has 0 aliphatic heterocycles. The Labute approximate surface area is 161 Å². The summed E-state index contributed by atoms with van der Waals surface area (Å²) in [6, 6.07) is 9.88. The van der Waals surface area contributed by atoms with E-state index >= 15 is 0 Å². The van der Waals surface area contributed by atoms with Crippen LogP contribution in [-0.2, 0) is 9.59 Å². The summed E-state index contributed by atoms with van der Waals surface area (Å²) in [4.78, 5) is 25.1. The largest absolute Gasteiger partial charge is 0.321 e. The third kappa shape index (κ3) is 5.69. The Bertz CT molecular complexity index is 817. The van der Waals surface area contributed by atoms with Crippen LogP contribution in [0.1, 0.15) is 6.92 Å². The van der Waals surface area contributed by atoms with Gasteiger partial charge in [-0.1, -0.05) is 29.3 Å². The van der Waals surface area contributed by atoms with Gasteiger partial charge in [-0.05, 0) is 43.3 Å². The Kier molecular flexibility index (Phi) is 6.97. The minimum atomic E-state index is -0.514. The third-order valence-corrected chi connectivity index (χ3v) is 4.42. The van der Waals surface area contributed by atoms with Gasteiger partial charge >= 0.3 is 0 Å². The van der Waals surface area contributed by atoms with E-state index in [2.05, 4.69) is 10.6 Å². The molecule has 26 heavy (non-hydrogen) atoms. The average Bonchev–Trinajstić information content (AvgIpc) is 2.56. The molecule has 0 radical (unpaired) electrons. The van der Waals surface area contributed by atoms with Crippen molar-refractivity contribution < 1.29 is 18.9 Å². The summed E-state index contributed by atoms with van der Waals surface area (Å²) < 4.78 is 13.2. The van der Waals surface area contributed by atoms with E-state index in [0.29, 0.717) is 26.3 Å². The fourth-order valence-corrected chi connectivity index (χ4v) is 2.69. The lowest BCUT2D eigenvalue weighted by atomic mass is 10.2. The smallest absolute Gasteiger partial charge is 0.282 e. The van der Waals surface area contributed by atoms with Crippen LogP contribution in [0.2, 0.25) is 10.0 Å². The van der Waals surface area contributed by atoms with Crippen molar-refractivity contribution in [2.24, 2.45) is 0 Å². The number of benzene rings is 2. The molecule has 0 bridgehead atoms. The van der Waals surface area contributed by atoms with Crippen LogP contribution in [0, 0.1) is 5.82 Å². The number of halogens is 3. The minimum Gasteiger partial charge on any atom is -0.321 e. The lowest BCUT2D eigenvalue weighted by Crippen LogP contribution is -3.14. The zero-order valence-electron chi connectivity index (χ0n) is 14.3. The molecule has 0 saturated carbocycles. The molecule has 0 spiro atoms. The van der Waals surface area contributed by atoms with Crippen molar-refractivity contribution in [3.8, 4) is 0 Å². The molecule has 2 amide bonds. The first-order chi connectivity index (χ1) is 12.3. The minimum absolute atomic E-state index is 0.0411. The number of hydrogen-bond acceptors (Lipinski definition) is 2. The predicted octanol–water partition coefficient (Wildman–Crippen LogP) is 2.61. The molecule has 0 aliphatic carbocycles. The van der Waals surface area contributed by atoms with Crippen LogP contribution < -0.4 is 15.5 Å². The van der Waals surface area contributed by atoms with Crippen molar-refractivity contribution in [2.45, 2.75) is 13.0 Å². The van der Waals surface area contributed by atoms with E-state index in [9.17, 15) is 14.0 Å². The van der Waals surface area contributed by atoms with Crippen molar-refractivity contribution in [1.82, 2.24) is 0 Å². The van der Waals surface area contributed by atoms with Crippen molar-refractivity contribution >= 4 is 46.4 Å². The van der Waals surface area contributed by atoms with E-state index in [1.807, 2.05) is 0 Å².